The van der Waals surface area contributed by atoms with E-state index in [-0.39, 0.29) is 29.6 Å². The molecule has 42 heavy (non-hydrogen) atoms. The number of nitrogens with zero attached hydrogens (tertiary/aromatic N) is 1. The molecule has 0 bridgehead atoms. The average molecular weight is 609 g/mol. The standard InChI is InChI=1S/C31H36F4N2O4S/c32-23-9-11-24(12-10-23)42(40,41)37-26-13-8-22(28(38)36-19-20-4-2-1-3-5-20)18-25(26)29(27(37)21-6-7-21)14-16-30(39,17-15-29)31(33,34)35/h8-13,18,20-21,27,39H,1-7,14-17,19H2,(H,36,38). The highest BCUT2D eigenvalue weighted by atomic mass is 32.2. The molecule has 6 rings (SSSR count). The number of hydrogen-bond acceptors (Lipinski definition) is 4. The lowest BCUT2D eigenvalue weighted by Crippen LogP contribution is -2.56. The van der Waals surface area contributed by atoms with Crippen molar-refractivity contribution in [3.05, 3.63) is 59.4 Å². The summed E-state index contributed by atoms with van der Waals surface area (Å²) in [5.41, 5.74) is -2.68. The molecule has 1 heterocycles. The van der Waals surface area contributed by atoms with Crippen LogP contribution >= 0.6 is 0 Å². The maximum atomic E-state index is 14.2. The number of carbonyl (C=O) groups is 1. The largest absolute Gasteiger partial charge is 0.417 e. The maximum Gasteiger partial charge on any atom is 0.417 e. The van der Waals surface area contributed by atoms with E-state index in [0.717, 1.165) is 37.8 Å². The van der Waals surface area contributed by atoms with Gasteiger partial charge in [-0.15, -0.1) is 0 Å². The molecule has 6 nitrogen and oxygen atoms in total. The summed E-state index contributed by atoms with van der Waals surface area (Å²) in [6.45, 7) is 0.537. The van der Waals surface area contributed by atoms with Gasteiger partial charge in [0.25, 0.3) is 15.9 Å². The van der Waals surface area contributed by atoms with Crippen LogP contribution in [0.2, 0.25) is 0 Å². The summed E-state index contributed by atoms with van der Waals surface area (Å²) >= 11 is 0. The maximum absolute atomic E-state index is 14.2. The van der Waals surface area contributed by atoms with Crippen molar-refractivity contribution in [1.29, 1.82) is 0 Å². The third-order valence-corrected chi connectivity index (χ3v) is 11.9. The molecule has 0 radical (unpaired) electrons. The Morgan fingerprint density at radius 3 is 2.19 bits per heavy atom. The molecular weight excluding hydrogens is 572 g/mol. The molecule has 3 aliphatic carbocycles. The first-order valence-corrected chi connectivity index (χ1v) is 16.3. The molecule has 2 N–H and O–H groups in total. The van der Waals surface area contributed by atoms with Crippen molar-refractivity contribution in [3.8, 4) is 0 Å². The fourth-order valence-electron chi connectivity index (χ4n) is 7.54. The van der Waals surface area contributed by atoms with Crippen LogP contribution in [0.25, 0.3) is 0 Å². The minimum Gasteiger partial charge on any atom is -0.380 e. The third-order valence-electron chi connectivity index (χ3n) is 10.1. The molecule has 0 aromatic heterocycles. The lowest BCUT2D eigenvalue weighted by molar-refractivity contribution is -0.273. The number of amides is 1. The highest BCUT2D eigenvalue weighted by Gasteiger charge is 2.65. The van der Waals surface area contributed by atoms with Gasteiger partial charge in [-0.3, -0.25) is 9.10 Å². The number of halogens is 4. The first-order chi connectivity index (χ1) is 19.9. The van der Waals surface area contributed by atoms with Gasteiger partial charge in [0.2, 0.25) is 0 Å². The molecule has 1 unspecified atom stereocenters. The lowest BCUT2D eigenvalue weighted by Gasteiger charge is -2.47. The molecular formula is C31H36F4N2O4S. The Bertz CT molecular complexity index is 1440. The van der Waals surface area contributed by atoms with Crippen LogP contribution in [0.5, 0.6) is 0 Å². The lowest BCUT2D eigenvalue weighted by atomic mass is 9.61. The van der Waals surface area contributed by atoms with Crippen molar-refractivity contribution in [2.75, 3.05) is 10.8 Å². The molecule has 2 aromatic rings. The highest BCUT2D eigenvalue weighted by Crippen LogP contribution is 2.62. The number of hydrogen-bond donors (Lipinski definition) is 2. The summed E-state index contributed by atoms with van der Waals surface area (Å²) in [7, 11) is -4.23. The quantitative estimate of drug-likeness (QED) is 0.381. The van der Waals surface area contributed by atoms with Gasteiger partial charge in [-0.25, -0.2) is 12.8 Å². The number of carbonyl (C=O) groups excluding carboxylic acids is 1. The van der Waals surface area contributed by atoms with Crippen LogP contribution in [0.1, 0.15) is 86.6 Å². The second kappa shape index (κ2) is 10.5. The first kappa shape index (κ1) is 29.4. The van der Waals surface area contributed by atoms with Crippen molar-refractivity contribution in [3.63, 3.8) is 0 Å². The molecule has 1 spiro atoms. The van der Waals surface area contributed by atoms with E-state index in [9.17, 15) is 35.9 Å². The van der Waals surface area contributed by atoms with Gasteiger partial charge in [-0.1, -0.05) is 19.3 Å². The van der Waals surface area contributed by atoms with Crippen LogP contribution < -0.4 is 9.62 Å². The zero-order valence-corrected chi connectivity index (χ0v) is 24.1. The predicted octanol–water partition coefficient (Wildman–Crippen LogP) is 6.23. The zero-order chi connectivity index (χ0) is 29.9. The molecule has 4 aliphatic rings. The Morgan fingerprint density at radius 2 is 1.60 bits per heavy atom. The molecule has 228 valence electrons. The molecule has 1 amide bonds. The molecule has 11 heteroatoms. The van der Waals surface area contributed by atoms with Crippen LogP contribution in [0.15, 0.2) is 47.4 Å². The van der Waals surface area contributed by atoms with Crippen molar-refractivity contribution in [2.24, 2.45) is 11.8 Å². The van der Waals surface area contributed by atoms with Gasteiger partial charge in [0.15, 0.2) is 5.60 Å². The van der Waals surface area contributed by atoms with Crippen LogP contribution in [0.3, 0.4) is 0 Å². The fraction of sp³-hybridized carbons (Fsp3) is 0.581. The SMILES string of the molecule is O=C(NCC1CCCCC1)c1ccc2c(c1)C1(CCC(O)(C(F)(F)F)CC1)C(C1CC1)N2S(=O)(=O)c1ccc(F)cc1. The molecule has 2 aromatic carbocycles. The first-order valence-electron chi connectivity index (χ1n) is 14.9. The summed E-state index contributed by atoms with van der Waals surface area (Å²) in [4.78, 5) is 13.2. The van der Waals surface area contributed by atoms with Crippen LogP contribution in [0, 0.1) is 17.7 Å². The van der Waals surface area contributed by atoms with E-state index >= 15 is 0 Å². The Hall–Kier alpha value is -2.66. The Morgan fingerprint density at radius 1 is 0.952 bits per heavy atom. The van der Waals surface area contributed by atoms with Crippen LogP contribution in [0.4, 0.5) is 23.2 Å². The number of aliphatic hydroxyl groups is 1. The van der Waals surface area contributed by atoms with E-state index < -0.39 is 51.9 Å². The summed E-state index contributed by atoms with van der Waals surface area (Å²) in [5, 5.41) is 13.6. The van der Waals surface area contributed by atoms with E-state index in [1.54, 1.807) is 18.2 Å². The van der Waals surface area contributed by atoms with Crippen LogP contribution in [-0.2, 0) is 15.4 Å². The Labute approximate surface area is 243 Å². The topological polar surface area (TPSA) is 86.7 Å². The summed E-state index contributed by atoms with van der Waals surface area (Å²) in [6.07, 6.45) is 0.876. The van der Waals surface area contributed by atoms with Gasteiger partial charge in [0.05, 0.1) is 16.6 Å². The number of rotatable bonds is 6. The normalized spacial score (nSPS) is 28.6. The van der Waals surface area contributed by atoms with Gasteiger partial charge in [-0.2, -0.15) is 13.2 Å². The minimum absolute atomic E-state index is 0.0836. The fourth-order valence-corrected chi connectivity index (χ4v) is 9.34. The van der Waals surface area contributed by atoms with Gasteiger partial charge in [0, 0.05) is 17.5 Å². The number of sulfonamides is 1. The van der Waals surface area contributed by atoms with E-state index in [4.69, 9.17) is 0 Å². The number of alkyl halides is 3. The highest BCUT2D eigenvalue weighted by molar-refractivity contribution is 7.92. The number of fused-ring (bicyclic) bond motifs is 2. The summed E-state index contributed by atoms with van der Waals surface area (Å²) in [6, 6.07) is 8.64. The number of benzene rings is 2. The second-order valence-electron chi connectivity index (χ2n) is 12.7. The summed E-state index contributed by atoms with van der Waals surface area (Å²) in [5.74, 6) is -0.580. The van der Waals surface area contributed by atoms with Crippen molar-refractivity contribution in [2.45, 2.75) is 98.8 Å². The van der Waals surface area contributed by atoms with E-state index in [1.807, 2.05) is 0 Å². The Kier molecular flexibility index (Phi) is 7.36. The number of nitrogens with one attached hydrogen (secondary N) is 1. The predicted molar refractivity (Wildman–Crippen MR) is 149 cm³/mol. The van der Waals surface area contributed by atoms with E-state index in [0.29, 0.717) is 42.1 Å². The second-order valence-corrected chi connectivity index (χ2v) is 14.5. The number of anilines is 1. The smallest absolute Gasteiger partial charge is 0.380 e. The minimum atomic E-state index is -4.81. The molecule has 3 saturated carbocycles. The van der Waals surface area contributed by atoms with Gasteiger partial charge < -0.3 is 10.4 Å². The molecule has 0 saturated heterocycles. The van der Waals surface area contributed by atoms with Crippen molar-refractivity contribution >= 4 is 21.6 Å². The average Bonchev–Trinajstić information content (AvgIpc) is 3.76. The summed E-state index contributed by atoms with van der Waals surface area (Å²) < 4.78 is 84.9. The molecule has 1 aliphatic heterocycles. The van der Waals surface area contributed by atoms with Crippen molar-refractivity contribution < 1.29 is 35.9 Å². The van der Waals surface area contributed by atoms with Crippen molar-refractivity contribution in [1.82, 2.24) is 5.32 Å². The zero-order valence-electron chi connectivity index (χ0n) is 23.3. The Balaban J connectivity index is 1.41. The monoisotopic (exact) mass is 608 g/mol. The van der Waals surface area contributed by atoms with E-state index in [2.05, 4.69) is 5.32 Å². The molecule has 1 atom stereocenters. The van der Waals surface area contributed by atoms with Gasteiger partial charge in [-0.05, 0) is 111 Å². The van der Waals surface area contributed by atoms with Gasteiger partial charge >= 0.3 is 6.18 Å². The third kappa shape index (κ3) is 5.00. The van der Waals surface area contributed by atoms with E-state index in [1.165, 1.54) is 22.9 Å². The van der Waals surface area contributed by atoms with Crippen LogP contribution in [-0.4, -0.2) is 43.8 Å². The molecule has 3 fully saturated rings. The van der Waals surface area contributed by atoms with Gasteiger partial charge in [0.1, 0.15) is 5.82 Å².